The molecule has 1 amide bonds. The van der Waals surface area contributed by atoms with Gasteiger partial charge >= 0.3 is 0 Å². The molecule has 1 aliphatic heterocycles. The lowest BCUT2D eigenvalue weighted by Crippen LogP contribution is -2.31. The fourth-order valence-electron chi connectivity index (χ4n) is 4.00. The maximum Gasteiger partial charge on any atom is 0.270 e. The van der Waals surface area contributed by atoms with Gasteiger partial charge in [0.25, 0.3) is 5.91 Å². The lowest BCUT2D eigenvalue weighted by Gasteiger charge is -2.29. The summed E-state index contributed by atoms with van der Waals surface area (Å²) in [6.45, 7) is 2.06. The van der Waals surface area contributed by atoms with Gasteiger partial charge in [0.05, 0.1) is 32.1 Å². The number of benzene rings is 1. The van der Waals surface area contributed by atoms with Crippen LogP contribution >= 0.6 is 23.2 Å². The zero-order valence-electron chi connectivity index (χ0n) is 21.7. The number of nitrogens with one attached hydrogen (secondary N) is 1. The zero-order valence-corrected chi connectivity index (χ0v) is 23.2. The molecule has 10 nitrogen and oxygen atoms in total. The molecule has 1 aromatic carbocycles. The standard InChI is InChI=1S/C26H30Cl2N6O4/c1-32(8-9-36-3)25(35)22-13-19(16-33(22)2)30-26-29-14-17-12-18(23-20(27)6-5-7-21(23)28)15-34(24(17)31-26)38-11-10-37-4/h5-7,12-14,16H,8-11,15H2,1-4H3,(H,29,30,31). The fourth-order valence-corrected chi connectivity index (χ4v) is 4.64. The normalized spacial score (nSPS) is 12.8. The number of ether oxygens (including phenoxy) is 2. The molecule has 0 unspecified atom stereocenters. The number of fused-ring (bicyclic) bond motifs is 1. The molecule has 0 spiro atoms. The summed E-state index contributed by atoms with van der Waals surface area (Å²) in [5, 5.41) is 5.97. The van der Waals surface area contributed by atoms with Crippen LogP contribution in [0.1, 0.15) is 21.6 Å². The third kappa shape index (κ3) is 6.28. The van der Waals surface area contributed by atoms with Crippen LogP contribution in [0.4, 0.5) is 17.5 Å². The minimum Gasteiger partial charge on any atom is -0.383 e. The minimum atomic E-state index is -0.113. The van der Waals surface area contributed by atoms with Crippen LogP contribution in [0.5, 0.6) is 0 Å². The van der Waals surface area contributed by atoms with Gasteiger partial charge in [-0.05, 0) is 29.8 Å². The van der Waals surface area contributed by atoms with Gasteiger partial charge in [0.15, 0.2) is 5.82 Å². The summed E-state index contributed by atoms with van der Waals surface area (Å²) in [5.74, 6) is 0.823. The maximum atomic E-state index is 12.8. The molecule has 38 heavy (non-hydrogen) atoms. The van der Waals surface area contributed by atoms with Gasteiger partial charge in [-0.1, -0.05) is 29.3 Å². The number of nitrogens with zero attached hydrogens (tertiary/aromatic N) is 5. The van der Waals surface area contributed by atoms with Gasteiger partial charge in [-0.2, -0.15) is 4.98 Å². The molecule has 1 aliphatic rings. The fraction of sp³-hybridized carbons (Fsp3) is 0.346. The van der Waals surface area contributed by atoms with E-state index in [4.69, 9.17) is 42.5 Å². The number of aromatic nitrogens is 3. The molecule has 0 radical (unpaired) electrons. The van der Waals surface area contributed by atoms with E-state index in [0.29, 0.717) is 66.1 Å². The highest BCUT2D eigenvalue weighted by molar-refractivity contribution is 6.38. The van der Waals surface area contributed by atoms with E-state index in [2.05, 4.69) is 10.3 Å². The van der Waals surface area contributed by atoms with Crippen LogP contribution in [-0.4, -0.2) is 79.5 Å². The van der Waals surface area contributed by atoms with Crippen LogP contribution in [0.25, 0.3) is 11.6 Å². The average molecular weight is 561 g/mol. The number of hydroxylamine groups is 1. The lowest BCUT2D eigenvalue weighted by atomic mass is 10.0. The first-order chi connectivity index (χ1) is 18.3. The van der Waals surface area contributed by atoms with Gasteiger partial charge in [0.2, 0.25) is 5.95 Å². The summed E-state index contributed by atoms with van der Waals surface area (Å²) in [6, 6.07) is 7.16. The number of halogens is 2. The summed E-state index contributed by atoms with van der Waals surface area (Å²) in [4.78, 5) is 29.6. The van der Waals surface area contributed by atoms with Crippen molar-refractivity contribution in [1.29, 1.82) is 0 Å². The summed E-state index contributed by atoms with van der Waals surface area (Å²) in [5.41, 5.74) is 3.56. The minimum absolute atomic E-state index is 0.113. The van der Waals surface area contributed by atoms with Gasteiger partial charge in [0.1, 0.15) is 5.69 Å². The number of anilines is 3. The van der Waals surface area contributed by atoms with E-state index in [0.717, 1.165) is 16.7 Å². The SMILES string of the molecule is COCCON1CC(c2c(Cl)cccc2Cl)=Cc2cnc(Nc3cc(C(=O)N(C)CCOC)n(C)c3)nc21. The first kappa shape index (κ1) is 27.9. The summed E-state index contributed by atoms with van der Waals surface area (Å²) in [6.07, 6.45) is 5.47. The second-order valence-corrected chi connectivity index (χ2v) is 9.49. The third-order valence-corrected chi connectivity index (χ3v) is 6.58. The average Bonchev–Trinajstić information content (AvgIpc) is 3.26. The van der Waals surface area contributed by atoms with Crippen LogP contribution in [-0.2, 0) is 21.4 Å². The van der Waals surface area contributed by atoms with Crippen molar-refractivity contribution in [2.24, 2.45) is 7.05 Å². The highest BCUT2D eigenvalue weighted by Crippen LogP contribution is 2.38. The van der Waals surface area contributed by atoms with Crippen molar-refractivity contribution in [2.75, 3.05) is 64.6 Å². The monoisotopic (exact) mass is 560 g/mol. The summed E-state index contributed by atoms with van der Waals surface area (Å²) in [7, 11) is 6.77. The van der Waals surface area contributed by atoms with E-state index in [9.17, 15) is 4.79 Å². The van der Waals surface area contributed by atoms with Crippen LogP contribution in [0.3, 0.4) is 0 Å². The molecule has 202 valence electrons. The van der Waals surface area contributed by atoms with Crippen molar-refractivity contribution in [3.63, 3.8) is 0 Å². The van der Waals surface area contributed by atoms with Crippen molar-refractivity contribution in [2.45, 2.75) is 0 Å². The van der Waals surface area contributed by atoms with Crippen LogP contribution in [0, 0.1) is 0 Å². The first-order valence-corrected chi connectivity index (χ1v) is 12.7. The molecule has 0 atom stereocenters. The highest BCUT2D eigenvalue weighted by Gasteiger charge is 2.25. The molecule has 0 fully saturated rings. The number of carbonyl (C=O) groups excluding carboxylic acids is 1. The van der Waals surface area contributed by atoms with E-state index in [1.807, 2.05) is 19.3 Å². The predicted octanol–water partition coefficient (Wildman–Crippen LogP) is 4.52. The van der Waals surface area contributed by atoms with E-state index >= 15 is 0 Å². The van der Waals surface area contributed by atoms with Crippen molar-refractivity contribution in [1.82, 2.24) is 19.4 Å². The van der Waals surface area contributed by atoms with Gasteiger partial charge in [0, 0.05) is 68.4 Å². The van der Waals surface area contributed by atoms with E-state index in [-0.39, 0.29) is 5.91 Å². The Bertz CT molecular complexity index is 1310. The Morgan fingerprint density at radius 2 is 1.89 bits per heavy atom. The van der Waals surface area contributed by atoms with Gasteiger partial charge in [-0.15, -0.1) is 0 Å². The largest absolute Gasteiger partial charge is 0.383 e. The molecule has 2 aromatic heterocycles. The second-order valence-electron chi connectivity index (χ2n) is 8.67. The van der Waals surface area contributed by atoms with Crippen LogP contribution in [0.2, 0.25) is 10.0 Å². The number of hydrogen-bond donors (Lipinski definition) is 1. The number of methoxy groups -OCH3 is 2. The Balaban J connectivity index is 1.61. The Labute approximate surface area is 231 Å². The molecular weight excluding hydrogens is 531 g/mol. The maximum absolute atomic E-state index is 12.8. The van der Waals surface area contributed by atoms with Crippen molar-refractivity contribution in [3.8, 4) is 0 Å². The molecule has 1 N–H and O–H groups in total. The van der Waals surface area contributed by atoms with Crippen LogP contribution in [0.15, 0.2) is 36.7 Å². The number of rotatable bonds is 11. The van der Waals surface area contributed by atoms with Crippen LogP contribution < -0.4 is 10.4 Å². The number of carbonyl (C=O) groups is 1. The van der Waals surface area contributed by atoms with E-state index in [1.165, 1.54) is 0 Å². The van der Waals surface area contributed by atoms with Gasteiger partial charge in [-0.25, -0.2) is 10.0 Å². The number of aryl methyl sites for hydroxylation is 1. The number of amides is 1. The zero-order chi connectivity index (χ0) is 27.2. The summed E-state index contributed by atoms with van der Waals surface area (Å²) >= 11 is 13.0. The molecule has 0 bridgehead atoms. The number of hydrogen-bond acceptors (Lipinski definition) is 8. The molecule has 3 heterocycles. The predicted molar refractivity (Wildman–Crippen MR) is 149 cm³/mol. The molecular formula is C26H30Cl2N6O4. The van der Waals surface area contributed by atoms with E-state index < -0.39 is 0 Å². The molecule has 12 heteroatoms. The van der Waals surface area contributed by atoms with Crippen molar-refractivity contribution >= 4 is 58.2 Å². The third-order valence-electron chi connectivity index (χ3n) is 5.95. The lowest BCUT2D eigenvalue weighted by molar-refractivity contribution is 0.0575. The van der Waals surface area contributed by atoms with Gasteiger partial charge < -0.3 is 24.3 Å². The molecule has 0 saturated heterocycles. The molecule has 0 aliphatic carbocycles. The topological polar surface area (TPSA) is 94.0 Å². The quantitative estimate of drug-likeness (QED) is 0.342. The second kappa shape index (κ2) is 12.6. The molecule has 0 saturated carbocycles. The first-order valence-electron chi connectivity index (χ1n) is 11.9. The Kier molecular flexibility index (Phi) is 9.24. The Morgan fingerprint density at radius 3 is 2.61 bits per heavy atom. The van der Waals surface area contributed by atoms with Crippen molar-refractivity contribution in [3.05, 3.63) is 63.5 Å². The van der Waals surface area contributed by atoms with E-state index in [1.54, 1.807) is 66.3 Å². The Morgan fingerprint density at radius 1 is 1.16 bits per heavy atom. The van der Waals surface area contributed by atoms with Gasteiger partial charge in [-0.3, -0.25) is 9.63 Å². The molecule has 4 rings (SSSR count). The smallest absolute Gasteiger partial charge is 0.270 e. The molecule has 3 aromatic rings. The summed E-state index contributed by atoms with van der Waals surface area (Å²) < 4.78 is 12.0. The Hall–Kier alpha value is -3.15. The highest BCUT2D eigenvalue weighted by atomic mass is 35.5. The number of likely N-dealkylation sites (N-methyl/N-ethyl adjacent to an activating group) is 1. The van der Waals surface area contributed by atoms with Crippen molar-refractivity contribution < 1.29 is 19.1 Å².